The summed E-state index contributed by atoms with van der Waals surface area (Å²) in [7, 11) is 0. The maximum absolute atomic E-state index is 11.7. The summed E-state index contributed by atoms with van der Waals surface area (Å²) in [4.78, 5) is 11.7. The first-order valence-electron chi connectivity index (χ1n) is 7.28. The van der Waals surface area contributed by atoms with Gasteiger partial charge in [0, 0.05) is 25.0 Å². The number of carbonyl (C=O) groups excluding carboxylic acids is 1. The zero-order chi connectivity index (χ0) is 16.1. The van der Waals surface area contributed by atoms with E-state index >= 15 is 0 Å². The largest absolute Gasteiger partial charge is 0.360 e. The molecule has 0 radical (unpaired) electrons. The molecule has 0 aliphatic heterocycles. The van der Waals surface area contributed by atoms with E-state index in [0.717, 1.165) is 17.7 Å². The molecule has 1 aromatic carbocycles. The van der Waals surface area contributed by atoms with Gasteiger partial charge in [0.15, 0.2) is 5.82 Å². The van der Waals surface area contributed by atoms with Crippen LogP contribution in [0.3, 0.4) is 0 Å². The Labute approximate surface area is 133 Å². The van der Waals surface area contributed by atoms with E-state index in [1.165, 1.54) is 0 Å². The lowest BCUT2D eigenvalue weighted by Gasteiger charge is -2.06. The first-order valence-corrected chi connectivity index (χ1v) is 7.28. The van der Waals surface area contributed by atoms with Crippen molar-refractivity contribution in [2.75, 3.05) is 11.9 Å². The maximum atomic E-state index is 11.7. The molecule has 7 nitrogen and oxygen atoms in total. The van der Waals surface area contributed by atoms with Crippen LogP contribution in [0.25, 0.3) is 5.69 Å². The van der Waals surface area contributed by atoms with E-state index in [9.17, 15) is 4.79 Å². The predicted octanol–water partition coefficient (Wildman–Crippen LogP) is 2.53. The smallest absolute Gasteiger partial charge is 0.320 e. The average Bonchev–Trinajstić information content (AvgIpc) is 3.20. The first kappa shape index (κ1) is 14.8. The molecular weight excluding hydrogens is 294 g/mol. The molecule has 2 heterocycles. The number of rotatable bonds is 5. The Kier molecular flexibility index (Phi) is 4.37. The van der Waals surface area contributed by atoms with Gasteiger partial charge in [-0.3, -0.25) is 5.32 Å². The summed E-state index contributed by atoms with van der Waals surface area (Å²) in [6.07, 6.45) is 4.38. The van der Waals surface area contributed by atoms with Gasteiger partial charge in [0.1, 0.15) is 5.76 Å². The van der Waals surface area contributed by atoms with Gasteiger partial charge in [0.2, 0.25) is 0 Å². The molecule has 2 aromatic heterocycles. The molecule has 118 valence electrons. The minimum Gasteiger partial charge on any atom is -0.360 e. The lowest BCUT2D eigenvalue weighted by Crippen LogP contribution is -2.30. The van der Waals surface area contributed by atoms with Crippen LogP contribution in [0.4, 0.5) is 10.6 Å². The summed E-state index contributed by atoms with van der Waals surface area (Å²) in [6.45, 7) is 2.30. The maximum Gasteiger partial charge on any atom is 0.320 e. The van der Waals surface area contributed by atoms with Crippen molar-refractivity contribution in [3.63, 3.8) is 0 Å². The second kappa shape index (κ2) is 6.78. The van der Waals surface area contributed by atoms with Crippen molar-refractivity contribution in [2.45, 2.75) is 13.3 Å². The molecule has 0 unspecified atom stereocenters. The Bertz CT molecular complexity index is 762. The summed E-state index contributed by atoms with van der Waals surface area (Å²) in [6, 6.07) is 11.3. The number of urea groups is 1. The number of anilines is 1. The van der Waals surface area contributed by atoms with Crippen molar-refractivity contribution >= 4 is 11.8 Å². The Morgan fingerprint density at radius 2 is 2.13 bits per heavy atom. The molecule has 0 atom stereocenters. The molecule has 0 aliphatic carbocycles. The van der Waals surface area contributed by atoms with E-state index in [-0.39, 0.29) is 6.03 Å². The highest BCUT2D eigenvalue weighted by Crippen LogP contribution is 2.09. The summed E-state index contributed by atoms with van der Waals surface area (Å²) in [5.41, 5.74) is 2.14. The molecule has 2 N–H and O–H groups in total. The van der Waals surface area contributed by atoms with Crippen LogP contribution in [0, 0.1) is 6.92 Å². The minimum absolute atomic E-state index is 0.300. The first-order chi connectivity index (χ1) is 11.2. The van der Waals surface area contributed by atoms with Crippen molar-refractivity contribution in [1.82, 2.24) is 20.3 Å². The molecule has 3 rings (SSSR count). The Hall–Kier alpha value is -3.09. The van der Waals surface area contributed by atoms with Crippen LogP contribution in [-0.2, 0) is 6.42 Å². The average molecular weight is 311 g/mol. The van der Waals surface area contributed by atoms with Crippen molar-refractivity contribution < 1.29 is 9.32 Å². The number of nitrogens with one attached hydrogen (secondary N) is 2. The van der Waals surface area contributed by atoms with Gasteiger partial charge in [-0.2, -0.15) is 5.10 Å². The van der Waals surface area contributed by atoms with Crippen LogP contribution >= 0.6 is 0 Å². The highest BCUT2D eigenvalue weighted by molar-refractivity contribution is 5.88. The van der Waals surface area contributed by atoms with Crippen LogP contribution in [-0.4, -0.2) is 27.5 Å². The zero-order valence-corrected chi connectivity index (χ0v) is 12.7. The topological polar surface area (TPSA) is 85.0 Å². The quantitative estimate of drug-likeness (QED) is 0.758. The lowest BCUT2D eigenvalue weighted by molar-refractivity contribution is 0.252. The monoisotopic (exact) mass is 311 g/mol. The third kappa shape index (κ3) is 3.97. The van der Waals surface area contributed by atoms with Crippen LogP contribution in [0.5, 0.6) is 0 Å². The molecule has 0 saturated heterocycles. The standard InChI is InChI=1S/C16H17N5O2/c1-12-11-15(20-23-12)19-16(22)17-9-7-13-3-5-14(6-4-13)21-10-2-8-18-21/h2-6,8,10-11H,7,9H2,1H3,(H2,17,19,20,22). The van der Waals surface area contributed by atoms with Gasteiger partial charge in [-0.25, -0.2) is 9.48 Å². The summed E-state index contributed by atoms with van der Waals surface area (Å²) < 4.78 is 6.68. The van der Waals surface area contributed by atoms with Crippen molar-refractivity contribution in [3.05, 3.63) is 60.1 Å². The number of hydrogen-bond acceptors (Lipinski definition) is 4. The fourth-order valence-corrected chi connectivity index (χ4v) is 2.14. The zero-order valence-electron chi connectivity index (χ0n) is 12.7. The highest BCUT2D eigenvalue weighted by Gasteiger charge is 2.05. The summed E-state index contributed by atoms with van der Waals surface area (Å²) in [5.74, 6) is 1.06. The van der Waals surface area contributed by atoms with Crippen molar-refractivity contribution in [2.24, 2.45) is 0 Å². The Balaban J connectivity index is 1.46. The molecule has 3 aromatic rings. The van der Waals surface area contributed by atoms with Gasteiger partial charge in [0.05, 0.1) is 5.69 Å². The number of nitrogens with zero attached hydrogens (tertiary/aromatic N) is 3. The predicted molar refractivity (Wildman–Crippen MR) is 85.5 cm³/mol. The number of amides is 2. The van der Waals surface area contributed by atoms with Gasteiger partial charge in [-0.15, -0.1) is 0 Å². The molecule has 7 heteroatoms. The highest BCUT2D eigenvalue weighted by atomic mass is 16.5. The molecule has 0 saturated carbocycles. The molecule has 0 aliphatic rings. The molecule has 0 bridgehead atoms. The second-order valence-corrected chi connectivity index (χ2v) is 5.07. The number of aromatic nitrogens is 3. The van der Waals surface area contributed by atoms with E-state index in [0.29, 0.717) is 18.1 Å². The van der Waals surface area contributed by atoms with Crippen LogP contribution in [0.15, 0.2) is 53.3 Å². The van der Waals surface area contributed by atoms with Crippen LogP contribution in [0.2, 0.25) is 0 Å². The molecular formula is C16H17N5O2. The van der Waals surface area contributed by atoms with Crippen LogP contribution in [0.1, 0.15) is 11.3 Å². The van der Waals surface area contributed by atoms with Crippen LogP contribution < -0.4 is 10.6 Å². The lowest BCUT2D eigenvalue weighted by atomic mass is 10.1. The van der Waals surface area contributed by atoms with E-state index in [1.807, 2.05) is 36.5 Å². The van der Waals surface area contributed by atoms with Crippen molar-refractivity contribution in [1.29, 1.82) is 0 Å². The van der Waals surface area contributed by atoms with Gasteiger partial charge in [-0.1, -0.05) is 17.3 Å². The summed E-state index contributed by atoms with van der Waals surface area (Å²) in [5, 5.41) is 13.3. The number of carbonyl (C=O) groups is 1. The van der Waals surface area contributed by atoms with E-state index in [4.69, 9.17) is 4.52 Å². The Morgan fingerprint density at radius 1 is 1.30 bits per heavy atom. The number of aryl methyl sites for hydroxylation is 1. The van der Waals surface area contributed by atoms with Gasteiger partial charge in [-0.05, 0) is 37.1 Å². The fourth-order valence-electron chi connectivity index (χ4n) is 2.14. The van der Waals surface area contributed by atoms with Gasteiger partial charge < -0.3 is 9.84 Å². The Morgan fingerprint density at radius 3 is 2.78 bits per heavy atom. The SMILES string of the molecule is Cc1cc(NC(=O)NCCc2ccc(-n3cccn3)cc2)no1. The van der Waals surface area contributed by atoms with Gasteiger partial charge >= 0.3 is 6.03 Å². The third-order valence-corrected chi connectivity index (χ3v) is 3.27. The van der Waals surface area contributed by atoms with E-state index in [1.54, 1.807) is 23.9 Å². The normalized spacial score (nSPS) is 10.5. The molecule has 0 fully saturated rings. The van der Waals surface area contributed by atoms with E-state index in [2.05, 4.69) is 20.9 Å². The number of benzene rings is 1. The minimum atomic E-state index is -0.300. The molecule has 23 heavy (non-hydrogen) atoms. The molecule has 0 spiro atoms. The van der Waals surface area contributed by atoms with Crippen molar-refractivity contribution in [3.8, 4) is 5.69 Å². The molecule has 2 amide bonds. The second-order valence-electron chi connectivity index (χ2n) is 5.07. The third-order valence-electron chi connectivity index (χ3n) is 3.27. The number of hydrogen-bond donors (Lipinski definition) is 2. The summed E-state index contributed by atoms with van der Waals surface area (Å²) >= 11 is 0. The fraction of sp³-hybridized carbons (Fsp3) is 0.188. The van der Waals surface area contributed by atoms with Gasteiger partial charge in [0.25, 0.3) is 0 Å². The van der Waals surface area contributed by atoms with E-state index < -0.39 is 0 Å².